The highest BCUT2D eigenvalue weighted by molar-refractivity contribution is 5.84. The van der Waals surface area contributed by atoms with Gasteiger partial charge in [-0.1, -0.05) is 26.2 Å². The smallest absolute Gasteiger partial charge is 0.371 e. The van der Waals surface area contributed by atoms with E-state index >= 15 is 0 Å². The van der Waals surface area contributed by atoms with Crippen LogP contribution in [0.1, 0.15) is 61.9 Å². The maximum Gasteiger partial charge on any atom is 0.371 e. The molecule has 1 aromatic rings. The Bertz CT molecular complexity index is 427. The van der Waals surface area contributed by atoms with E-state index in [-0.39, 0.29) is 11.8 Å². The van der Waals surface area contributed by atoms with E-state index in [2.05, 4.69) is 12.2 Å². The minimum absolute atomic E-state index is 0.00897. The Balaban J connectivity index is 1.86. The number of carbonyl (C=O) groups is 1. The van der Waals surface area contributed by atoms with Gasteiger partial charge in [0.2, 0.25) is 5.76 Å². The van der Waals surface area contributed by atoms with Crippen LogP contribution >= 0.6 is 0 Å². The van der Waals surface area contributed by atoms with Crippen molar-refractivity contribution >= 4 is 5.97 Å². The molecule has 3 unspecified atom stereocenters. The zero-order valence-corrected chi connectivity index (χ0v) is 11.7. The van der Waals surface area contributed by atoms with Crippen LogP contribution in [0.2, 0.25) is 0 Å². The summed E-state index contributed by atoms with van der Waals surface area (Å²) in [5.74, 6) is 1.19. The zero-order chi connectivity index (χ0) is 13.8. The molecule has 0 aliphatic heterocycles. The second kappa shape index (κ2) is 6.24. The van der Waals surface area contributed by atoms with Crippen molar-refractivity contribution in [1.82, 2.24) is 5.32 Å². The lowest BCUT2D eigenvalue weighted by Crippen LogP contribution is -2.30. The van der Waals surface area contributed by atoms with Crippen LogP contribution in [-0.2, 0) is 0 Å². The predicted molar refractivity (Wildman–Crippen MR) is 73.2 cm³/mol. The van der Waals surface area contributed by atoms with Gasteiger partial charge in [0.15, 0.2) is 0 Å². The number of aromatic carboxylic acids is 1. The van der Waals surface area contributed by atoms with Gasteiger partial charge in [-0.2, -0.15) is 0 Å². The van der Waals surface area contributed by atoms with Gasteiger partial charge in [0.05, 0.1) is 6.04 Å². The molecule has 3 atom stereocenters. The summed E-state index contributed by atoms with van der Waals surface area (Å²) in [5, 5.41) is 12.3. The van der Waals surface area contributed by atoms with E-state index in [9.17, 15) is 4.79 Å². The first-order valence-electron chi connectivity index (χ1n) is 7.14. The molecule has 1 aliphatic rings. The number of carboxylic acids is 1. The van der Waals surface area contributed by atoms with E-state index in [0.717, 1.165) is 18.4 Å². The molecule has 19 heavy (non-hydrogen) atoms. The Morgan fingerprint density at radius 2 is 2.21 bits per heavy atom. The quantitative estimate of drug-likeness (QED) is 0.856. The first-order valence-corrected chi connectivity index (χ1v) is 7.14. The van der Waals surface area contributed by atoms with Gasteiger partial charge in [-0.3, -0.25) is 0 Å². The third-order valence-corrected chi connectivity index (χ3v) is 4.24. The highest BCUT2D eigenvalue weighted by Crippen LogP contribution is 2.29. The molecule has 106 valence electrons. The van der Waals surface area contributed by atoms with Crippen molar-refractivity contribution in [2.75, 3.05) is 6.54 Å². The Morgan fingerprint density at radius 1 is 1.47 bits per heavy atom. The van der Waals surface area contributed by atoms with Gasteiger partial charge >= 0.3 is 5.97 Å². The van der Waals surface area contributed by atoms with Gasteiger partial charge in [-0.15, -0.1) is 0 Å². The first kappa shape index (κ1) is 14.1. The number of hydrogen-bond donors (Lipinski definition) is 2. The lowest BCUT2D eigenvalue weighted by molar-refractivity contribution is 0.0659. The molecule has 0 radical (unpaired) electrons. The molecule has 2 N–H and O–H groups in total. The lowest BCUT2D eigenvalue weighted by atomic mass is 9.80. The standard InChI is InChI=1S/C15H23NO3/c1-10-5-3-4-6-12(10)9-16-11(2)13-7-8-14(19-13)15(17)18/h7-8,10-12,16H,3-6,9H2,1-2H3,(H,17,18). The molecule has 0 amide bonds. The third-order valence-electron chi connectivity index (χ3n) is 4.24. The van der Waals surface area contributed by atoms with E-state index in [1.165, 1.54) is 31.7 Å². The van der Waals surface area contributed by atoms with Crippen molar-refractivity contribution < 1.29 is 14.3 Å². The number of rotatable bonds is 5. The SMILES string of the molecule is CC(NCC1CCCCC1C)c1ccc(C(=O)O)o1. The van der Waals surface area contributed by atoms with Crippen molar-refractivity contribution in [1.29, 1.82) is 0 Å². The molecule has 1 fully saturated rings. The van der Waals surface area contributed by atoms with Crippen molar-refractivity contribution in [2.45, 2.75) is 45.6 Å². The summed E-state index contributed by atoms with van der Waals surface area (Å²) in [6.07, 6.45) is 5.30. The van der Waals surface area contributed by atoms with Crippen molar-refractivity contribution in [3.63, 3.8) is 0 Å². The van der Waals surface area contributed by atoms with Crippen molar-refractivity contribution in [2.24, 2.45) is 11.8 Å². The summed E-state index contributed by atoms with van der Waals surface area (Å²) in [5.41, 5.74) is 0. The van der Waals surface area contributed by atoms with Crippen LogP contribution in [0.4, 0.5) is 0 Å². The molecule has 1 saturated carbocycles. The Hall–Kier alpha value is -1.29. The number of furan rings is 1. The predicted octanol–water partition coefficient (Wildman–Crippen LogP) is 3.45. The fourth-order valence-electron chi connectivity index (χ4n) is 2.83. The van der Waals surface area contributed by atoms with Gasteiger partial charge < -0.3 is 14.8 Å². The molecule has 0 saturated heterocycles. The summed E-state index contributed by atoms with van der Waals surface area (Å²) < 4.78 is 5.31. The molecule has 2 rings (SSSR count). The van der Waals surface area contributed by atoms with Gasteiger partial charge in [-0.05, 0) is 43.9 Å². The minimum Gasteiger partial charge on any atom is -0.475 e. The number of carboxylic acid groups (broad SMARTS) is 1. The molecule has 4 nitrogen and oxygen atoms in total. The molecule has 1 aliphatic carbocycles. The summed E-state index contributed by atoms with van der Waals surface area (Å²) in [6, 6.07) is 3.31. The van der Waals surface area contributed by atoms with E-state index in [1.54, 1.807) is 6.07 Å². The van der Waals surface area contributed by atoms with Gasteiger partial charge in [0.25, 0.3) is 0 Å². The van der Waals surface area contributed by atoms with Gasteiger partial charge in [-0.25, -0.2) is 4.79 Å². The first-order chi connectivity index (χ1) is 9.08. The van der Waals surface area contributed by atoms with Crippen molar-refractivity contribution in [3.8, 4) is 0 Å². The number of nitrogens with one attached hydrogen (secondary N) is 1. The van der Waals surface area contributed by atoms with Crippen LogP contribution in [0, 0.1) is 11.8 Å². The molecular weight excluding hydrogens is 242 g/mol. The molecule has 0 bridgehead atoms. The Kier molecular flexibility index (Phi) is 4.64. The molecule has 4 heteroatoms. The van der Waals surface area contributed by atoms with Crippen LogP contribution in [0.25, 0.3) is 0 Å². The largest absolute Gasteiger partial charge is 0.475 e. The second-order valence-electron chi connectivity index (χ2n) is 5.66. The van der Waals surface area contributed by atoms with E-state index in [0.29, 0.717) is 5.76 Å². The average Bonchev–Trinajstić information content (AvgIpc) is 2.87. The van der Waals surface area contributed by atoms with Gasteiger partial charge in [0, 0.05) is 0 Å². The van der Waals surface area contributed by atoms with E-state index in [4.69, 9.17) is 9.52 Å². The third kappa shape index (κ3) is 3.60. The molecule has 1 heterocycles. The van der Waals surface area contributed by atoms with Gasteiger partial charge in [0.1, 0.15) is 5.76 Å². The molecule has 1 aromatic heterocycles. The summed E-state index contributed by atoms with van der Waals surface area (Å²) in [7, 11) is 0. The fourth-order valence-corrected chi connectivity index (χ4v) is 2.83. The monoisotopic (exact) mass is 265 g/mol. The zero-order valence-electron chi connectivity index (χ0n) is 11.7. The fraction of sp³-hybridized carbons (Fsp3) is 0.667. The Labute approximate surface area is 114 Å². The topological polar surface area (TPSA) is 62.5 Å². The summed E-state index contributed by atoms with van der Waals surface area (Å²) >= 11 is 0. The second-order valence-corrected chi connectivity index (χ2v) is 5.66. The summed E-state index contributed by atoms with van der Waals surface area (Å²) in [6.45, 7) is 5.31. The van der Waals surface area contributed by atoms with Crippen molar-refractivity contribution in [3.05, 3.63) is 23.7 Å². The minimum atomic E-state index is -1.01. The maximum atomic E-state index is 10.8. The van der Waals surface area contributed by atoms with Crippen LogP contribution in [0.5, 0.6) is 0 Å². The van der Waals surface area contributed by atoms with Crippen LogP contribution < -0.4 is 5.32 Å². The van der Waals surface area contributed by atoms with Crippen LogP contribution in [-0.4, -0.2) is 17.6 Å². The summed E-state index contributed by atoms with van der Waals surface area (Å²) in [4.78, 5) is 10.8. The number of hydrogen-bond acceptors (Lipinski definition) is 3. The molecular formula is C15H23NO3. The van der Waals surface area contributed by atoms with E-state index < -0.39 is 5.97 Å². The normalized spacial score (nSPS) is 25.2. The average molecular weight is 265 g/mol. The van der Waals surface area contributed by atoms with E-state index in [1.807, 2.05) is 6.92 Å². The van der Waals surface area contributed by atoms with Crippen LogP contribution in [0.15, 0.2) is 16.5 Å². The van der Waals surface area contributed by atoms with Crippen LogP contribution in [0.3, 0.4) is 0 Å². The maximum absolute atomic E-state index is 10.8. The Morgan fingerprint density at radius 3 is 2.84 bits per heavy atom. The highest BCUT2D eigenvalue weighted by atomic mass is 16.4. The highest BCUT2D eigenvalue weighted by Gasteiger charge is 2.22. The molecule has 0 aromatic carbocycles. The lowest BCUT2D eigenvalue weighted by Gasteiger charge is -2.29. The molecule has 0 spiro atoms.